The molecular weight excluding hydrogens is 1240 g/mol. The zero-order valence-electron chi connectivity index (χ0n) is 53.8. The molecule has 14 amide bonds. The van der Waals surface area contributed by atoms with Crippen molar-refractivity contribution in [3.63, 3.8) is 0 Å². The molecule has 524 valence electrons. The van der Waals surface area contributed by atoms with E-state index in [1.165, 1.54) is 49.0 Å². The highest BCUT2D eigenvalue weighted by atomic mass is 16.2. The van der Waals surface area contributed by atoms with Gasteiger partial charge in [-0.15, -0.1) is 13.2 Å². The summed E-state index contributed by atoms with van der Waals surface area (Å²) < 4.78 is 0. The summed E-state index contributed by atoms with van der Waals surface area (Å²) in [4.78, 5) is 207. The highest BCUT2D eigenvalue weighted by Gasteiger charge is 2.41. The Morgan fingerprint density at radius 1 is 0.611 bits per heavy atom. The van der Waals surface area contributed by atoms with Gasteiger partial charge in [-0.05, 0) is 83.1 Å². The van der Waals surface area contributed by atoms with Crippen molar-refractivity contribution in [3.05, 3.63) is 61.7 Å². The van der Waals surface area contributed by atoms with Crippen LogP contribution in [0.5, 0.6) is 0 Å². The van der Waals surface area contributed by atoms with Gasteiger partial charge in [0, 0.05) is 69.5 Å². The Bertz CT molecular complexity index is 2990. The van der Waals surface area contributed by atoms with Crippen LogP contribution in [0.1, 0.15) is 122 Å². The highest BCUT2D eigenvalue weighted by Crippen LogP contribution is 2.22. The predicted octanol–water partition coefficient (Wildman–Crippen LogP) is -6.19. The van der Waals surface area contributed by atoms with E-state index in [1.54, 1.807) is 13.8 Å². The molecule has 24 N–H and O–H groups in total. The molecule has 36 nitrogen and oxygen atoms in total. The van der Waals surface area contributed by atoms with Crippen LogP contribution in [-0.4, -0.2) is 200 Å². The summed E-state index contributed by atoms with van der Waals surface area (Å²) in [7, 11) is 0. The van der Waals surface area contributed by atoms with Crippen LogP contribution in [0.25, 0.3) is 0 Å². The number of imidazole rings is 2. The number of nitrogens with two attached hydrogens (primary N) is 6. The lowest BCUT2D eigenvalue weighted by Gasteiger charge is -2.32. The van der Waals surface area contributed by atoms with E-state index in [0.29, 0.717) is 37.1 Å². The van der Waals surface area contributed by atoms with Crippen LogP contribution in [0.2, 0.25) is 0 Å². The quantitative estimate of drug-likeness (QED) is 0.0127. The van der Waals surface area contributed by atoms with Crippen molar-refractivity contribution in [1.82, 2.24) is 78.0 Å². The first-order valence-electron chi connectivity index (χ1n) is 31.2. The van der Waals surface area contributed by atoms with Crippen LogP contribution in [-0.2, 0) is 80.0 Å². The topological polar surface area (TPSA) is 588 Å². The molecule has 1 saturated heterocycles. The Kier molecular flexibility index (Phi) is 34.3. The first-order chi connectivity index (χ1) is 45.1. The molecule has 0 aliphatic carbocycles. The number of amides is 14. The Labute approximate surface area is 549 Å². The number of rotatable bonds is 45. The number of H-pyrrole nitrogens is 2. The molecule has 1 aliphatic rings. The van der Waals surface area contributed by atoms with Crippen LogP contribution >= 0.6 is 0 Å². The molecule has 0 saturated carbocycles. The minimum atomic E-state index is -1.61. The third-order valence-corrected chi connectivity index (χ3v) is 15.2. The number of aromatic nitrogens is 4. The zero-order valence-corrected chi connectivity index (χ0v) is 53.8. The summed E-state index contributed by atoms with van der Waals surface area (Å²) in [6.07, 6.45) is 7.70. The number of likely N-dealkylation sites (tertiary alicyclic amines) is 1. The van der Waals surface area contributed by atoms with Crippen LogP contribution in [0.3, 0.4) is 0 Å². The molecule has 0 radical (unpaired) electrons. The van der Waals surface area contributed by atoms with Gasteiger partial charge in [0.15, 0.2) is 5.96 Å². The standard InChI is InChI=1S/C59H94N22O14/c1-6-13-36(49(63)86)74-54(91)42(25-34-27-66-30-70-34)78-52(89)40(19-21-46(62)84)73-47(85)29-69-50(87)39(18-20-45(61)83)76-55(92)43(26-35-28-67-31-71-35)79-56(93)44-17-12-24-81(44)58(95)41(15-9-10-22-60)77-57(94)48(32(4)8-3)80-53(90)38(16-11-23-68-59(64)65)75-51(88)37(14-7-2)72-33(5)82/h6-7,27-28,30-32,36-44,48H,1-2,8-26,29,60H2,3-5H3,(H2,61,83)(H2,62,84)(H2,63,86)(H,66,70)(H,67,71)(H,69,87)(H,72,82)(H,73,85)(H,74,91)(H,75,88)(H,76,92)(H,77,94)(H,78,89)(H,79,93)(H,80,90)(H4,64,65,68)/t32-,36-,37-,38-,39-,40-,41-,42-,43-,44-,48-/m0/s1. The van der Waals surface area contributed by atoms with Gasteiger partial charge in [0.1, 0.15) is 60.4 Å². The number of nitrogens with zero attached hydrogens (tertiary/aromatic N) is 4. The maximum absolute atomic E-state index is 14.8. The van der Waals surface area contributed by atoms with Gasteiger partial charge in [0.2, 0.25) is 82.7 Å². The molecule has 0 aromatic carbocycles. The maximum atomic E-state index is 14.8. The minimum absolute atomic E-state index is 0.00432. The van der Waals surface area contributed by atoms with Gasteiger partial charge in [-0.2, -0.15) is 0 Å². The number of hydrogen-bond acceptors (Lipinski definition) is 18. The van der Waals surface area contributed by atoms with Crippen molar-refractivity contribution in [2.75, 3.05) is 26.2 Å². The third-order valence-electron chi connectivity index (χ3n) is 15.2. The van der Waals surface area contributed by atoms with Crippen LogP contribution in [0, 0.1) is 5.92 Å². The monoisotopic (exact) mass is 1330 g/mol. The molecule has 2 aromatic rings. The number of carbonyl (C=O) groups excluding carboxylic acids is 14. The molecule has 36 heteroatoms. The predicted molar refractivity (Wildman–Crippen MR) is 343 cm³/mol. The molecule has 3 heterocycles. The van der Waals surface area contributed by atoms with Gasteiger partial charge >= 0.3 is 0 Å². The second kappa shape index (κ2) is 41.3. The van der Waals surface area contributed by atoms with Gasteiger partial charge in [-0.25, -0.2) is 9.97 Å². The average Bonchev–Trinajstić information content (AvgIpc) is 1.81. The van der Waals surface area contributed by atoms with Crippen LogP contribution < -0.4 is 87.6 Å². The summed E-state index contributed by atoms with van der Waals surface area (Å²) in [5, 5.41) is 25.6. The molecule has 1 fully saturated rings. The Morgan fingerprint density at radius 2 is 1.11 bits per heavy atom. The largest absolute Gasteiger partial charge is 0.370 e. The number of primary amides is 3. The Balaban J connectivity index is 1.88. The summed E-state index contributed by atoms with van der Waals surface area (Å²) in [6.45, 7) is 11.4. The molecule has 0 unspecified atom stereocenters. The summed E-state index contributed by atoms with van der Waals surface area (Å²) in [6, 6.07) is -13.4. The summed E-state index contributed by atoms with van der Waals surface area (Å²) >= 11 is 0. The molecular formula is C59H94N22O14. The Hall–Kier alpha value is -10.3. The Morgan fingerprint density at radius 3 is 1.62 bits per heavy atom. The molecule has 3 rings (SSSR count). The highest BCUT2D eigenvalue weighted by molar-refractivity contribution is 5.99. The van der Waals surface area contributed by atoms with E-state index in [-0.39, 0.29) is 77.0 Å². The SMILES string of the molecule is C=CC[C@H](NC(=O)[C@H](Cc1cnc[nH]1)NC(=O)[C@H](CCC(N)=O)NC(=O)CNC(=O)[C@H](CCC(N)=O)NC(=O)[C@H](Cc1cnc[nH]1)NC(=O)[C@@H]1CCCN1C(=O)[C@H](CCCCN)NC(=O)[C@@H](NC(=O)[C@H](CCCN=C(N)N)NC(=O)[C@H](CC=C)NC(C)=O)[C@@H](C)CC)C(N)=O. The lowest BCUT2D eigenvalue weighted by Crippen LogP contribution is -2.61. The van der Waals surface area contributed by atoms with Gasteiger partial charge < -0.3 is 102 Å². The molecule has 1 aliphatic heterocycles. The van der Waals surface area contributed by atoms with E-state index >= 15 is 0 Å². The van der Waals surface area contributed by atoms with Gasteiger partial charge in [0.05, 0.1) is 19.2 Å². The number of carbonyl (C=O) groups is 14. The summed E-state index contributed by atoms with van der Waals surface area (Å²) in [5.41, 5.74) is 33.8. The molecule has 11 atom stereocenters. The fourth-order valence-electron chi connectivity index (χ4n) is 9.95. The fraction of sp³-hybridized carbons (Fsp3) is 0.576. The fourth-order valence-corrected chi connectivity index (χ4v) is 9.95. The first-order valence-corrected chi connectivity index (χ1v) is 31.2. The van der Waals surface area contributed by atoms with Crippen molar-refractivity contribution in [2.24, 2.45) is 45.3 Å². The number of unbranched alkanes of at least 4 members (excludes halogenated alkanes) is 1. The first kappa shape index (κ1) is 78.9. The normalized spacial score (nSPS) is 15.7. The third kappa shape index (κ3) is 28.2. The van der Waals surface area contributed by atoms with Crippen molar-refractivity contribution in [1.29, 1.82) is 0 Å². The van der Waals surface area contributed by atoms with E-state index in [1.807, 2.05) is 0 Å². The van der Waals surface area contributed by atoms with Gasteiger partial charge in [0.25, 0.3) is 0 Å². The van der Waals surface area contributed by atoms with E-state index in [4.69, 9.17) is 34.4 Å². The second-order valence-corrected chi connectivity index (χ2v) is 22.8. The van der Waals surface area contributed by atoms with Crippen molar-refractivity contribution in [2.45, 2.75) is 184 Å². The number of nitrogens with one attached hydrogen (secondary N) is 12. The van der Waals surface area contributed by atoms with E-state index < -0.39 is 181 Å². The summed E-state index contributed by atoms with van der Waals surface area (Å²) in [5.74, 6) is -12.5. The van der Waals surface area contributed by atoms with E-state index in [0.717, 1.165) is 0 Å². The number of guanidine groups is 1. The van der Waals surface area contributed by atoms with E-state index in [2.05, 4.69) is 91.3 Å². The second-order valence-electron chi connectivity index (χ2n) is 22.8. The smallest absolute Gasteiger partial charge is 0.245 e. The molecule has 0 spiro atoms. The molecule has 2 aromatic heterocycles. The van der Waals surface area contributed by atoms with Crippen molar-refractivity contribution in [3.8, 4) is 0 Å². The number of aromatic amines is 2. The molecule has 95 heavy (non-hydrogen) atoms. The van der Waals surface area contributed by atoms with Crippen LogP contribution in [0.4, 0.5) is 0 Å². The lowest BCUT2D eigenvalue weighted by molar-refractivity contribution is -0.143. The minimum Gasteiger partial charge on any atom is -0.370 e. The lowest BCUT2D eigenvalue weighted by atomic mass is 9.96. The zero-order chi connectivity index (χ0) is 70.7. The van der Waals surface area contributed by atoms with Gasteiger partial charge in [-0.3, -0.25) is 72.1 Å². The molecule has 0 bridgehead atoms. The van der Waals surface area contributed by atoms with E-state index in [9.17, 15) is 67.1 Å². The van der Waals surface area contributed by atoms with Crippen LogP contribution in [0.15, 0.2) is 55.4 Å². The maximum Gasteiger partial charge on any atom is 0.245 e. The number of hydrogen-bond donors (Lipinski definition) is 18. The van der Waals surface area contributed by atoms with Gasteiger partial charge in [-0.1, -0.05) is 32.4 Å². The van der Waals surface area contributed by atoms with Crippen molar-refractivity contribution >= 4 is 88.7 Å². The van der Waals surface area contributed by atoms with Crippen molar-refractivity contribution < 1.29 is 67.1 Å². The average molecular weight is 1340 g/mol. The number of aliphatic imine (C=N–C) groups is 1.